The highest BCUT2D eigenvalue weighted by Gasteiger charge is 2.20. The zero-order chi connectivity index (χ0) is 16.8. The molecule has 6 heteroatoms. The Balaban J connectivity index is 1.39. The fraction of sp³-hybridized carbons (Fsp3) is 0.444. The maximum atomic E-state index is 12.4. The Morgan fingerprint density at radius 2 is 2.00 bits per heavy atom. The number of carbonyl (C=O) groups excluding carboxylic acids is 1. The summed E-state index contributed by atoms with van der Waals surface area (Å²) >= 11 is 5.98. The van der Waals surface area contributed by atoms with E-state index in [4.69, 9.17) is 11.6 Å². The lowest BCUT2D eigenvalue weighted by Gasteiger charge is -2.34. The second-order valence-corrected chi connectivity index (χ2v) is 6.62. The lowest BCUT2D eigenvalue weighted by Crippen LogP contribution is -2.49. The van der Waals surface area contributed by atoms with Crippen molar-refractivity contribution in [2.45, 2.75) is 19.4 Å². The molecule has 1 amide bonds. The van der Waals surface area contributed by atoms with E-state index in [1.54, 1.807) is 0 Å². The second kappa shape index (κ2) is 8.31. The quantitative estimate of drug-likeness (QED) is 0.806. The molecule has 128 valence electrons. The maximum absolute atomic E-state index is 12.4. The summed E-state index contributed by atoms with van der Waals surface area (Å²) in [6.07, 6.45) is 7.19. The Morgan fingerprint density at radius 3 is 2.71 bits per heavy atom. The van der Waals surface area contributed by atoms with Gasteiger partial charge in [0.15, 0.2) is 0 Å². The summed E-state index contributed by atoms with van der Waals surface area (Å²) in [4.78, 5) is 20.9. The Hall–Kier alpha value is -1.85. The Kier molecular flexibility index (Phi) is 5.88. The number of benzene rings is 1. The van der Waals surface area contributed by atoms with Crippen molar-refractivity contribution in [2.75, 3.05) is 32.7 Å². The summed E-state index contributed by atoms with van der Waals surface area (Å²) < 4.78 is 2.10. The van der Waals surface area contributed by atoms with E-state index in [0.29, 0.717) is 11.4 Å². The minimum absolute atomic E-state index is 0.190. The molecule has 0 saturated carbocycles. The van der Waals surface area contributed by atoms with Gasteiger partial charge in [-0.05, 0) is 30.7 Å². The minimum Gasteiger partial charge on any atom is -0.340 e. The van der Waals surface area contributed by atoms with Crippen molar-refractivity contribution >= 4 is 17.5 Å². The van der Waals surface area contributed by atoms with E-state index in [1.165, 1.54) is 0 Å². The number of imidazole rings is 1. The third-order valence-corrected chi connectivity index (χ3v) is 4.65. The standard InChI is InChI=1S/C18H23ClN4O/c19-17-4-1-3-16(13-17)14-18(24)23-11-9-21(10-12-23)6-2-7-22-8-5-20-15-22/h1,3-5,8,13,15H,2,6-7,9-12,14H2. The van der Waals surface area contributed by atoms with Crippen LogP contribution in [-0.2, 0) is 17.8 Å². The summed E-state index contributed by atoms with van der Waals surface area (Å²) in [5.41, 5.74) is 0.982. The van der Waals surface area contributed by atoms with Gasteiger partial charge in [0.25, 0.3) is 0 Å². The molecule has 3 rings (SSSR count). The molecule has 0 spiro atoms. The monoisotopic (exact) mass is 346 g/mol. The summed E-state index contributed by atoms with van der Waals surface area (Å²) in [7, 11) is 0. The zero-order valence-corrected chi connectivity index (χ0v) is 14.5. The number of piperazine rings is 1. The molecule has 1 aliphatic rings. The third kappa shape index (κ3) is 4.82. The van der Waals surface area contributed by atoms with Gasteiger partial charge < -0.3 is 9.47 Å². The highest BCUT2D eigenvalue weighted by Crippen LogP contribution is 2.13. The number of aryl methyl sites for hydroxylation is 1. The molecule has 5 nitrogen and oxygen atoms in total. The van der Waals surface area contributed by atoms with Crippen molar-refractivity contribution in [1.82, 2.24) is 19.4 Å². The second-order valence-electron chi connectivity index (χ2n) is 6.18. The van der Waals surface area contributed by atoms with Gasteiger partial charge in [-0.25, -0.2) is 4.98 Å². The van der Waals surface area contributed by atoms with Crippen molar-refractivity contribution in [3.8, 4) is 0 Å². The Labute approximate surface area is 147 Å². The van der Waals surface area contributed by atoms with Crippen molar-refractivity contribution in [2.24, 2.45) is 0 Å². The largest absolute Gasteiger partial charge is 0.340 e. The van der Waals surface area contributed by atoms with Crippen LogP contribution in [-0.4, -0.2) is 58.0 Å². The van der Waals surface area contributed by atoms with E-state index in [0.717, 1.165) is 51.3 Å². The summed E-state index contributed by atoms with van der Waals surface area (Å²) in [6, 6.07) is 7.54. The first-order valence-electron chi connectivity index (χ1n) is 8.41. The van der Waals surface area contributed by atoms with Gasteiger partial charge in [-0.3, -0.25) is 9.69 Å². The van der Waals surface area contributed by atoms with Crippen LogP contribution < -0.4 is 0 Å². The first kappa shape index (κ1) is 17.0. The van der Waals surface area contributed by atoms with E-state index in [2.05, 4.69) is 14.5 Å². The van der Waals surface area contributed by atoms with Gasteiger partial charge >= 0.3 is 0 Å². The summed E-state index contributed by atoms with van der Waals surface area (Å²) in [6.45, 7) is 5.58. The fourth-order valence-corrected chi connectivity index (χ4v) is 3.26. The molecule has 1 aliphatic heterocycles. The molecule has 1 saturated heterocycles. The van der Waals surface area contributed by atoms with Crippen molar-refractivity contribution < 1.29 is 4.79 Å². The van der Waals surface area contributed by atoms with Crippen LogP contribution in [0.15, 0.2) is 43.0 Å². The van der Waals surface area contributed by atoms with Crippen LogP contribution in [0.3, 0.4) is 0 Å². The van der Waals surface area contributed by atoms with Crippen LogP contribution in [0.25, 0.3) is 0 Å². The SMILES string of the molecule is O=C(Cc1cccc(Cl)c1)N1CCN(CCCn2ccnc2)CC1. The van der Waals surface area contributed by atoms with E-state index >= 15 is 0 Å². The summed E-state index contributed by atoms with van der Waals surface area (Å²) in [5.74, 6) is 0.190. The van der Waals surface area contributed by atoms with Gasteiger partial charge in [0, 0.05) is 50.1 Å². The lowest BCUT2D eigenvalue weighted by atomic mass is 10.1. The number of hydrogen-bond acceptors (Lipinski definition) is 3. The Morgan fingerprint density at radius 1 is 1.17 bits per heavy atom. The van der Waals surface area contributed by atoms with Gasteiger partial charge in [0.05, 0.1) is 12.7 Å². The molecule has 1 aromatic heterocycles. The molecular formula is C18H23ClN4O. The average molecular weight is 347 g/mol. The van der Waals surface area contributed by atoms with Gasteiger partial charge in [-0.15, -0.1) is 0 Å². The summed E-state index contributed by atoms with van der Waals surface area (Å²) in [5, 5.41) is 0.683. The number of carbonyl (C=O) groups is 1. The van der Waals surface area contributed by atoms with E-state index < -0.39 is 0 Å². The fourth-order valence-electron chi connectivity index (χ4n) is 3.05. The number of nitrogens with zero attached hydrogens (tertiary/aromatic N) is 4. The van der Waals surface area contributed by atoms with E-state index in [1.807, 2.05) is 47.9 Å². The van der Waals surface area contributed by atoms with Gasteiger partial charge in [-0.2, -0.15) is 0 Å². The molecule has 2 heterocycles. The normalized spacial score (nSPS) is 15.6. The molecule has 0 radical (unpaired) electrons. The molecule has 1 aromatic carbocycles. The van der Waals surface area contributed by atoms with Crippen molar-refractivity contribution in [1.29, 1.82) is 0 Å². The minimum atomic E-state index is 0.190. The van der Waals surface area contributed by atoms with Crippen LogP contribution in [0.1, 0.15) is 12.0 Å². The van der Waals surface area contributed by atoms with E-state index in [-0.39, 0.29) is 5.91 Å². The predicted molar refractivity (Wildman–Crippen MR) is 95.0 cm³/mol. The van der Waals surface area contributed by atoms with Crippen LogP contribution >= 0.6 is 11.6 Å². The van der Waals surface area contributed by atoms with Crippen LogP contribution in [0.2, 0.25) is 5.02 Å². The number of halogens is 1. The molecule has 1 fully saturated rings. The number of hydrogen-bond donors (Lipinski definition) is 0. The molecule has 0 atom stereocenters. The average Bonchev–Trinajstić information content (AvgIpc) is 3.09. The third-order valence-electron chi connectivity index (χ3n) is 4.42. The first-order valence-corrected chi connectivity index (χ1v) is 8.79. The highest BCUT2D eigenvalue weighted by atomic mass is 35.5. The van der Waals surface area contributed by atoms with Gasteiger partial charge in [0.2, 0.25) is 5.91 Å². The molecule has 0 N–H and O–H groups in total. The van der Waals surface area contributed by atoms with E-state index in [9.17, 15) is 4.79 Å². The topological polar surface area (TPSA) is 41.4 Å². The van der Waals surface area contributed by atoms with Crippen LogP contribution in [0, 0.1) is 0 Å². The zero-order valence-electron chi connectivity index (χ0n) is 13.8. The van der Waals surface area contributed by atoms with Crippen LogP contribution in [0.4, 0.5) is 0 Å². The number of aromatic nitrogens is 2. The Bertz CT molecular complexity index is 651. The first-order chi connectivity index (χ1) is 11.7. The number of rotatable bonds is 6. The van der Waals surface area contributed by atoms with Gasteiger partial charge in [-0.1, -0.05) is 23.7 Å². The predicted octanol–water partition coefficient (Wildman–Crippen LogP) is 2.31. The molecule has 0 aliphatic carbocycles. The van der Waals surface area contributed by atoms with Crippen molar-refractivity contribution in [3.63, 3.8) is 0 Å². The molecule has 24 heavy (non-hydrogen) atoms. The van der Waals surface area contributed by atoms with Gasteiger partial charge in [0.1, 0.15) is 0 Å². The number of amides is 1. The smallest absolute Gasteiger partial charge is 0.227 e. The highest BCUT2D eigenvalue weighted by molar-refractivity contribution is 6.30. The lowest BCUT2D eigenvalue weighted by molar-refractivity contribution is -0.132. The van der Waals surface area contributed by atoms with Crippen LogP contribution in [0.5, 0.6) is 0 Å². The van der Waals surface area contributed by atoms with Crippen molar-refractivity contribution in [3.05, 3.63) is 53.6 Å². The molecule has 2 aromatic rings. The molecule has 0 bridgehead atoms. The molecular weight excluding hydrogens is 324 g/mol. The maximum Gasteiger partial charge on any atom is 0.227 e. The molecule has 0 unspecified atom stereocenters.